The molecule has 2 aliphatic carbocycles. The number of carboxylic acids is 1. The molecule has 0 bridgehead atoms. The number of aliphatic carboxylic acids is 1. The average molecular weight is 457 g/mol. The van der Waals surface area contributed by atoms with E-state index in [0.717, 1.165) is 12.8 Å². The molecule has 0 spiro atoms. The third-order valence-electron chi connectivity index (χ3n) is 7.61. The molecule has 3 N–H and O–H groups in total. The van der Waals surface area contributed by atoms with Gasteiger partial charge in [0.2, 0.25) is 0 Å². The Labute approximate surface area is 200 Å². The van der Waals surface area contributed by atoms with Crippen molar-refractivity contribution in [3.63, 3.8) is 0 Å². The van der Waals surface area contributed by atoms with Crippen LogP contribution in [0.3, 0.4) is 0 Å². The summed E-state index contributed by atoms with van der Waals surface area (Å²) >= 11 is 0. The lowest BCUT2D eigenvalue weighted by molar-refractivity contribution is -0.140. The maximum absolute atomic E-state index is 12.5. The molecule has 0 aliphatic heterocycles. The zero-order chi connectivity index (χ0) is 23.7. The van der Waals surface area contributed by atoms with E-state index in [-0.39, 0.29) is 11.9 Å². The smallest absolute Gasteiger partial charge is 0.329 e. The van der Waals surface area contributed by atoms with E-state index in [9.17, 15) is 14.7 Å². The first kappa shape index (κ1) is 22.6. The summed E-state index contributed by atoms with van der Waals surface area (Å²) in [4.78, 5) is 23.9. The molecule has 5 heteroatoms. The minimum Gasteiger partial charge on any atom is -0.480 e. The van der Waals surface area contributed by atoms with Crippen LogP contribution in [0.5, 0.6) is 0 Å². The van der Waals surface area contributed by atoms with Crippen molar-refractivity contribution in [1.29, 1.82) is 0 Å². The molecule has 3 atom stereocenters. The van der Waals surface area contributed by atoms with E-state index in [1.165, 1.54) is 34.7 Å². The molecular weight excluding hydrogens is 424 g/mol. The van der Waals surface area contributed by atoms with Crippen LogP contribution in [0.15, 0.2) is 66.7 Å². The quantitative estimate of drug-likeness (QED) is 0.435. The normalized spacial score (nSPS) is 22.1. The van der Waals surface area contributed by atoms with Crippen LogP contribution in [0.4, 0.5) is 0 Å². The lowest BCUT2D eigenvalue weighted by atomic mass is 9.80. The van der Waals surface area contributed by atoms with E-state index in [1.54, 1.807) is 0 Å². The van der Waals surface area contributed by atoms with Gasteiger partial charge in [0.1, 0.15) is 5.54 Å². The van der Waals surface area contributed by atoms with Gasteiger partial charge in [-0.3, -0.25) is 4.79 Å². The lowest BCUT2D eigenvalue weighted by Crippen LogP contribution is -2.43. The van der Waals surface area contributed by atoms with Gasteiger partial charge in [0, 0.05) is 17.6 Å². The molecule has 0 heterocycles. The van der Waals surface area contributed by atoms with Crippen molar-refractivity contribution in [2.24, 2.45) is 0 Å². The van der Waals surface area contributed by atoms with Gasteiger partial charge < -0.3 is 15.7 Å². The van der Waals surface area contributed by atoms with Gasteiger partial charge >= 0.3 is 5.97 Å². The van der Waals surface area contributed by atoms with E-state index in [1.807, 2.05) is 24.3 Å². The largest absolute Gasteiger partial charge is 0.480 e. The van der Waals surface area contributed by atoms with Gasteiger partial charge in [-0.25, -0.2) is 4.79 Å². The van der Waals surface area contributed by atoms with E-state index in [2.05, 4.69) is 60.0 Å². The molecule has 2 saturated carbocycles. The fraction of sp³-hybridized carbons (Fsp3) is 0.379. The number of amides is 1. The van der Waals surface area contributed by atoms with Crippen LogP contribution in [-0.4, -0.2) is 28.6 Å². The second-order valence-electron chi connectivity index (χ2n) is 9.98. The molecule has 2 fully saturated rings. The third-order valence-corrected chi connectivity index (χ3v) is 7.61. The Morgan fingerprint density at radius 3 is 2.44 bits per heavy atom. The third kappa shape index (κ3) is 4.58. The molecule has 5 nitrogen and oxygen atoms in total. The van der Waals surface area contributed by atoms with Crippen LogP contribution in [0.1, 0.15) is 78.9 Å². The molecule has 176 valence electrons. The molecule has 2 aliphatic rings. The number of benzene rings is 3. The molecular formula is C29H32N2O3. The second-order valence-corrected chi connectivity index (χ2v) is 9.98. The van der Waals surface area contributed by atoms with Crippen molar-refractivity contribution in [3.8, 4) is 0 Å². The second kappa shape index (κ2) is 9.22. The van der Waals surface area contributed by atoms with Gasteiger partial charge in [-0.15, -0.1) is 0 Å². The van der Waals surface area contributed by atoms with Gasteiger partial charge in [-0.05, 0) is 79.0 Å². The fourth-order valence-electron chi connectivity index (χ4n) is 5.43. The van der Waals surface area contributed by atoms with Crippen molar-refractivity contribution in [1.82, 2.24) is 10.6 Å². The number of fused-ring (bicyclic) bond motifs is 1. The predicted octanol–water partition coefficient (Wildman–Crippen LogP) is 5.56. The van der Waals surface area contributed by atoms with Crippen LogP contribution in [0.25, 0.3) is 10.8 Å². The minimum absolute atomic E-state index is 0.268. The summed E-state index contributed by atoms with van der Waals surface area (Å²) in [6, 6.07) is 23.5. The summed E-state index contributed by atoms with van der Waals surface area (Å²) in [5, 5.41) is 18.5. The van der Waals surface area contributed by atoms with Crippen molar-refractivity contribution in [2.45, 2.75) is 69.0 Å². The maximum atomic E-state index is 12.5. The number of hydrogen-bond donors (Lipinski definition) is 3. The lowest BCUT2D eigenvalue weighted by Gasteiger charge is -2.32. The molecule has 3 aromatic rings. The summed E-state index contributed by atoms with van der Waals surface area (Å²) in [6.45, 7) is 2.25. The highest BCUT2D eigenvalue weighted by Crippen LogP contribution is 2.37. The first-order valence-electron chi connectivity index (χ1n) is 12.3. The van der Waals surface area contributed by atoms with Crippen LogP contribution in [-0.2, 0) is 4.79 Å². The number of hydrogen-bond acceptors (Lipinski definition) is 3. The fourth-order valence-corrected chi connectivity index (χ4v) is 5.43. The van der Waals surface area contributed by atoms with E-state index >= 15 is 0 Å². The SMILES string of the molecule is C[C@@H](N[C@H]1CCC[C@H](c2ccc(C(=O)NC3(C(=O)O)CC3)cc2)C1)c1cccc2ccccc12. The molecule has 5 rings (SSSR count). The summed E-state index contributed by atoms with van der Waals surface area (Å²) < 4.78 is 0. The van der Waals surface area contributed by atoms with Gasteiger partial charge in [0.15, 0.2) is 0 Å². The Bertz CT molecular complexity index is 1190. The van der Waals surface area contributed by atoms with E-state index < -0.39 is 11.5 Å². The van der Waals surface area contributed by atoms with Crippen molar-refractivity contribution >= 4 is 22.6 Å². The standard InChI is InChI=1S/C29H32N2O3/c1-19(25-11-5-7-21-6-2-3-10-26(21)25)30-24-9-4-8-23(18-24)20-12-14-22(15-13-20)27(32)31-29(16-17-29)28(33)34/h2-3,5-7,10-15,19,23-24,30H,4,8-9,16-18H2,1H3,(H,31,32)(H,33,34)/t19-,23+,24+/m1/s1. The maximum Gasteiger partial charge on any atom is 0.329 e. The van der Waals surface area contributed by atoms with E-state index in [0.29, 0.717) is 30.4 Å². The Balaban J connectivity index is 1.23. The summed E-state index contributed by atoms with van der Waals surface area (Å²) in [5.74, 6) is -0.800. The topological polar surface area (TPSA) is 78.4 Å². The van der Waals surface area contributed by atoms with Crippen molar-refractivity contribution in [2.75, 3.05) is 0 Å². The van der Waals surface area contributed by atoms with Gasteiger partial charge in [-0.2, -0.15) is 0 Å². The zero-order valence-electron chi connectivity index (χ0n) is 19.6. The zero-order valence-corrected chi connectivity index (χ0v) is 19.6. The molecule has 3 aromatic carbocycles. The molecule has 0 radical (unpaired) electrons. The Kier molecular flexibility index (Phi) is 6.13. The molecule has 1 amide bonds. The highest BCUT2D eigenvalue weighted by Gasteiger charge is 2.51. The molecule has 34 heavy (non-hydrogen) atoms. The Morgan fingerprint density at radius 2 is 1.71 bits per heavy atom. The first-order valence-corrected chi connectivity index (χ1v) is 12.3. The van der Waals surface area contributed by atoms with Crippen LogP contribution in [0.2, 0.25) is 0 Å². The Hall–Kier alpha value is -3.18. The molecule has 0 saturated heterocycles. The highest BCUT2D eigenvalue weighted by molar-refractivity contribution is 5.99. The summed E-state index contributed by atoms with van der Waals surface area (Å²) in [5.41, 5.74) is 2.05. The minimum atomic E-state index is -1.06. The van der Waals surface area contributed by atoms with Gasteiger partial charge in [0.05, 0.1) is 0 Å². The average Bonchev–Trinajstić information content (AvgIpc) is 3.65. The van der Waals surface area contributed by atoms with Gasteiger partial charge in [0.25, 0.3) is 5.91 Å². The summed E-state index contributed by atoms with van der Waals surface area (Å²) in [7, 11) is 0. The molecule has 0 unspecified atom stereocenters. The number of carbonyl (C=O) groups excluding carboxylic acids is 1. The monoisotopic (exact) mass is 456 g/mol. The molecule has 0 aromatic heterocycles. The number of carbonyl (C=O) groups is 2. The number of nitrogens with one attached hydrogen (secondary N) is 2. The van der Waals surface area contributed by atoms with Crippen molar-refractivity contribution < 1.29 is 14.7 Å². The predicted molar refractivity (Wildman–Crippen MR) is 134 cm³/mol. The van der Waals surface area contributed by atoms with Crippen molar-refractivity contribution in [3.05, 3.63) is 83.4 Å². The van der Waals surface area contributed by atoms with Crippen LogP contribution < -0.4 is 10.6 Å². The first-order chi connectivity index (χ1) is 16.4. The summed E-state index contributed by atoms with van der Waals surface area (Å²) in [6.07, 6.45) is 5.56. The van der Waals surface area contributed by atoms with Crippen LogP contribution >= 0.6 is 0 Å². The highest BCUT2D eigenvalue weighted by atomic mass is 16.4. The van der Waals surface area contributed by atoms with Crippen LogP contribution in [0, 0.1) is 0 Å². The number of carboxylic acid groups (broad SMARTS) is 1. The van der Waals surface area contributed by atoms with E-state index in [4.69, 9.17) is 0 Å². The Morgan fingerprint density at radius 1 is 0.971 bits per heavy atom. The van der Waals surface area contributed by atoms with Gasteiger partial charge in [-0.1, -0.05) is 61.0 Å². The number of rotatable bonds is 7.